The highest BCUT2D eigenvalue weighted by molar-refractivity contribution is 5.36. The van der Waals surface area contributed by atoms with Gasteiger partial charge in [-0.05, 0) is 38.4 Å². The van der Waals surface area contributed by atoms with E-state index < -0.39 is 0 Å². The molecule has 1 aliphatic heterocycles. The van der Waals surface area contributed by atoms with Crippen molar-refractivity contribution in [1.29, 1.82) is 0 Å². The molecule has 0 aromatic heterocycles. The number of hydrogen-bond acceptors (Lipinski definition) is 3. The summed E-state index contributed by atoms with van der Waals surface area (Å²) >= 11 is 0. The Morgan fingerprint density at radius 3 is 2.65 bits per heavy atom. The van der Waals surface area contributed by atoms with Gasteiger partial charge in [-0.15, -0.1) is 0 Å². The van der Waals surface area contributed by atoms with Gasteiger partial charge in [0.1, 0.15) is 5.75 Å². The monoisotopic (exact) mass is 276 g/mol. The van der Waals surface area contributed by atoms with Gasteiger partial charge < -0.3 is 10.5 Å². The number of likely N-dealkylation sites (tertiary alicyclic amines) is 1. The second kappa shape index (κ2) is 8.28. The molecule has 3 nitrogen and oxygen atoms in total. The lowest BCUT2D eigenvalue weighted by Crippen LogP contribution is -2.37. The van der Waals surface area contributed by atoms with Crippen LogP contribution in [-0.4, -0.2) is 31.1 Å². The van der Waals surface area contributed by atoms with Crippen molar-refractivity contribution in [2.45, 2.75) is 45.1 Å². The van der Waals surface area contributed by atoms with Gasteiger partial charge in [0.05, 0.1) is 12.6 Å². The molecule has 0 saturated carbocycles. The Balaban J connectivity index is 2.11. The highest BCUT2D eigenvalue weighted by atomic mass is 16.5. The van der Waals surface area contributed by atoms with Crippen LogP contribution < -0.4 is 10.5 Å². The Labute approximate surface area is 123 Å². The first-order valence-corrected chi connectivity index (χ1v) is 8.02. The molecule has 0 spiro atoms. The quantitative estimate of drug-likeness (QED) is 0.776. The Kier molecular flexibility index (Phi) is 6.34. The van der Waals surface area contributed by atoms with Crippen LogP contribution in [0.25, 0.3) is 0 Å². The molecule has 0 radical (unpaired) electrons. The van der Waals surface area contributed by atoms with Crippen LogP contribution in [0.5, 0.6) is 5.75 Å². The topological polar surface area (TPSA) is 38.5 Å². The maximum absolute atomic E-state index is 6.06. The summed E-state index contributed by atoms with van der Waals surface area (Å²) in [5.41, 5.74) is 7.32. The van der Waals surface area contributed by atoms with Crippen molar-refractivity contribution in [2.24, 2.45) is 5.73 Å². The van der Waals surface area contributed by atoms with Crippen LogP contribution in [0.3, 0.4) is 0 Å². The van der Waals surface area contributed by atoms with Crippen molar-refractivity contribution in [3.63, 3.8) is 0 Å². The summed E-state index contributed by atoms with van der Waals surface area (Å²) in [6.45, 7) is 5.96. The maximum atomic E-state index is 6.06. The first-order valence-electron chi connectivity index (χ1n) is 8.02. The standard InChI is InChI=1S/C17H28N2O/c1-2-3-13-20-17-10-6-5-9-15(17)16(14-18)19-11-7-4-8-12-19/h5-6,9-10,16H,2-4,7-8,11-14,18H2,1H3. The molecule has 2 rings (SSSR count). The van der Waals surface area contributed by atoms with E-state index in [1.54, 1.807) is 0 Å². The van der Waals surface area contributed by atoms with E-state index in [4.69, 9.17) is 10.5 Å². The van der Waals surface area contributed by atoms with E-state index in [-0.39, 0.29) is 0 Å². The van der Waals surface area contributed by atoms with E-state index in [2.05, 4.69) is 36.1 Å². The van der Waals surface area contributed by atoms with Crippen molar-refractivity contribution in [2.75, 3.05) is 26.2 Å². The number of nitrogens with two attached hydrogens (primary N) is 1. The third-order valence-corrected chi connectivity index (χ3v) is 4.09. The highest BCUT2D eigenvalue weighted by Crippen LogP contribution is 2.30. The van der Waals surface area contributed by atoms with Gasteiger partial charge in [-0.3, -0.25) is 4.90 Å². The predicted octanol–water partition coefficient (Wildman–Crippen LogP) is 3.35. The number of ether oxygens (including phenoxy) is 1. The summed E-state index contributed by atoms with van der Waals surface area (Å²) in [5.74, 6) is 1.02. The van der Waals surface area contributed by atoms with E-state index in [1.807, 2.05) is 0 Å². The summed E-state index contributed by atoms with van der Waals surface area (Å²) in [7, 11) is 0. The summed E-state index contributed by atoms with van der Waals surface area (Å²) in [4.78, 5) is 2.52. The van der Waals surface area contributed by atoms with Crippen molar-refractivity contribution >= 4 is 0 Å². The fourth-order valence-corrected chi connectivity index (χ4v) is 2.92. The van der Waals surface area contributed by atoms with Gasteiger partial charge in [0.15, 0.2) is 0 Å². The number of hydrogen-bond donors (Lipinski definition) is 1. The Hall–Kier alpha value is -1.06. The minimum Gasteiger partial charge on any atom is -0.493 e. The first kappa shape index (κ1) is 15.3. The van der Waals surface area contributed by atoms with E-state index >= 15 is 0 Å². The molecule has 1 atom stereocenters. The summed E-state index contributed by atoms with van der Waals surface area (Å²) in [5, 5.41) is 0. The largest absolute Gasteiger partial charge is 0.493 e. The SMILES string of the molecule is CCCCOc1ccccc1C(CN)N1CCCCC1. The second-order valence-corrected chi connectivity index (χ2v) is 5.59. The van der Waals surface area contributed by atoms with Crippen molar-refractivity contribution in [3.05, 3.63) is 29.8 Å². The lowest BCUT2D eigenvalue weighted by atomic mass is 10.0. The van der Waals surface area contributed by atoms with E-state index in [1.165, 1.54) is 24.8 Å². The molecule has 20 heavy (non-hydrogen) atoms. The fourth-order valence-electron chi connectivity index (χ4n) is 2.92. The zero-order valence-corrected chi connectivity index (χ0v) is 12.7. The molecule has 0 bridgehead atoms. The highest BCUT2D eigenvalue weighted by Gasteiger charge is 2.23. The minimum atomic E-state index is 0.299. The van der Waals surface area contributed by atoms with Crippen molar-refractivity contribution in [3.8, 4) is 5.75 Å². The molecule has 1 saturated heterocycles. The van der Waals surface area contributed by atoms with Gasteiger partial charge >= 0.3 is 0 Å². The van der Waals surface area contributed by atoms with Crippen LogP contribution in [0.4, 0.5) is 0 Å². The average Bonchev–Trinajstić information content (AvgIpc) is 2.51. The molecule has 1 aliphatic rings. The Morgan fingerprint density at radius 2 is 1.95 bits per heavy atom. The molecular formula is C17H28N2O. The van der Waals surface area contributed by atoms with Gasteiger partial charge in [-0.1, -0.05) is 38.0 Å². The molecule has 112 valence electrons. The van der Waals surface area contributed by atoms with Crippen LogP contribution in [0.2, 0.25) is 0 Å². The third-order valence-electron chi connectivity index (χ3n) is 4.09. The van der Waals surface area contributed by atoms with Crippen molar-refractivity contribution < 1.29 is 4.74 Å². The normalized spacial score (nSPS) is 17.9. The fraction of sp³-hybridized carbons (Fsp3) is 0.647. The number of para-hydroxylation sites is 1. The molecule has 1 fully saturated rings. The molecule has 1 aromatic carbocycles. The van der Waals surface area contributed by atoms with E-state index in [9.17, 15) is 0 Å². The Bertz CT molecular complexity index is 388. The lowest BCUT2D eigenvalue weighted by molar-refractivity contribution is 0.163. The summed E-state index contributed by atoms with van der Waals surface area (Å²) in [6, 6.07) is 8.70. The van der Waals surface area contributed by atoms with Gasteiger partial charge in [0, 0.05) is 12.1 Å². The smallest absolute Gasteiger partial charge is 0.124 e. The van der Waals surface area contributed by atoms with E-state index in [0.717, 1.165) is 38.3 Å². The number of benzene rings is 1. The van der Waals surface area contributed by atoms with E-state index in [0.29, 0.717) is 12.6 Å². The van der Waals surface area contributed by atoms with Crippen LogP contribution in [-0.2, 0) is 0 Å². The van der Waals surface area contributed by atoms with Gasteiger partial charge in [-0.2, -0.15) is 0 Å². The molecular weight excluding hydrogens is 248 g/mol. The van der Waals surface area contributed by atoms with Crippen LogP contribution in [0, 0.1) is 0 Å². The lowest BCUT2D eigenvalue weighted by Gasteiger charge is -2.34. The first-order chi connectivity index (χ1) is 9.86. The van der Waals surface area contributed by atoms with Gasteiger partial charge in [0.2, 0.25) is 0 Å². The zero-order valence-electron chi connectivity index (χ0n) is 12.7. The minimum absolute atomic E-state index is 0.299. The predicted molar refractivity (Wildman–Crippen MR) is 84.1 cm³/mol. The van der Waals surface area contributed by atoms with Gasteiger partial charge in [0.25, 0.3) is 0 Å². The zero-order chi connectivity index (χ0) is 14.2. The number of piperidine rings is 1. The number of rotatable bonds is 7. The van der Waals surface area contributed by atoms with Crippen molar-refractivity contribution in [1.82, 2.24) is 4.90 Å². The number of unbranched alkanes of at least 4 members (excludes halogenated alkanes) is 1. The molecule has 1 unspecified atom stereocenters. The molecule has 0 aliphatic carbocycles. The molecule has 1 heterocycles. The van der Waals surface area contributed by atoms with Crippen LogP contribution in [0.1, 0.15) is 50.6 Å². The summed E-state index contributed by atoms with van der Waals surface area (Å²) in [6.07, 6.45) is 6.19. The average molecular weight is 276 g/mol. The third kappa shape index (κ3) is 3.97. The Morgan fingerprint density at radius 1 is 1.20 bits per heavy atom. The van der Waals surface area contributed by atoms with Gasteiger partial charge in [-0.25, -0.2) is 0 Å². The van der Waals surface area contributed by atoms with Crippen LogP contribution >= 0.6 is 0 Å². The molecule has 1 aromatic rings. The number of nitrogens with zero attached hydrogens (tertiary/aromatic N) is 1. The van der Waals surface area contributed by atoms with Crippen LogP contribution in [0.15, 0.2) is 24.3 Å². The molecule has 3 heteroatoms. The maximum Gasteiger partial charge on any atom is 0.124 e. The second-order valence-electron chi connectivity index (χ2n) is 5.59. The molecule has 0 amide bonds. The summed E-state index contributed by atoms with van der Waals surface area (Å²) < 4.78 is 5.97. The molecule has 2 N–H and O–H groups in total.